The van der Waals surface area contributed by atoms with Gasteiger partial charge in [0.25, 0.3) is 0 Å². The normalized spacial score (nSPS) is 15.6. The second-order valence-corrected chi connectivity index (χ2v) is 4.92. The van der Waals surface area contributed by atoms with Crippen molar-refractivity contribution in [2.45, 2.75) is 38.7 Å². The topological polar surface area (TPSA) is 87.4 Å². The summed E-state index contributed by atoms with van der Waals surface area (Å²) in [4.78, 5) is 11.4. The summed E-state index contributed by atoms with van der Waals surface area (Å²) in [5, 5.41) is 15.6. The summed E-state index contributed by atoms with van der Waals surface area (Å²) in [6.07, 6.45) is 2.39. The molecule has 1 aromatic carbocycles. The molecule has 1 amide bonds. The van der Waals surface area contributed by atoms with Gasteiger partial charge >= 0.3 is 0 Å². The molecule has 1 atom stereocenters. The van der Waals surface area contributed by atoms with Crippen LogP contribution in [0.5, 0.6) is 0 Å². The number of rotatable bonds is 5. The van der Waals surface area contributed by atoms with E-state index >= 15 is 0 Å². The van der Waals surface area contributed by atoms with Gasteiger partial charge in [-0.3, -0.25) is 4.79 Å². The SMILES string of the molecule is CCC(O)CCNc1cc2c(cc1N)CCC(=O)N2. The van der Waals surface area contributed by atoms with E-state index in [1.807, 2.05) is 19.1 Å². The van der Waals surface area contributed by atoms with E-state index in [1.54, 1.807) is 0 Å². The van der Waals surface area contributed by atoms with Gasteiger partial charge in [0.05, 0.1) is 17.5 Å². The van der Waals surface area contributed by atoms with Gasteiger partial charge in [-0.05, 0) is 37.0 Å². The van der Waals surface area contributed by atoms with Crippen LogP contribution >= 0.6 is 0 Å². The van der Waals surface area contributed by atoms with Gasteiger partial charge in [-0.25, -0.2) is 0 Å². The monoisotopic (exact) mass is 263 g/mol. The molecule has 0 saturated carbocycles. The van der Waals surface area contributed by atoms with E-state index in [0.29, 0.717) is 25.1 Å². The highest BCUT2D eigenvalue weighted by molar-refractivity contribution is 5.95. The van der Waals surface area contributed by atoms with Crippen LogP contribution in [-0.4, -0.2) is 23.7 Å². The quantitative estimate of drug-likeness (QED) is 0.609. The lowest BCUT2D eigenvalue weighted by atomic mass is 10.0. The van der Waals surface area contributed by atoms with E-state index in [4.69, 9.17) is 5.73 Å². The summed E-state index contributed by atoms with van der Waals surface area (Å²) >= 11 is 0. The van der Waals surface area contributed by atoms with Gasteiger partial charge in [-0.15, -0.1) is 0 Å². The van der Waals surface area contributed by atoms with E-state index in [9.17, 15) is 9.90 Å². The smallest absolute Gasteiger partial charge is 0.224 e. The van der Waals surface area contributed by atoms with Crippen molar-refractivity contribution in [2.24, 2.45) is 0 Å². The number of nitrogens with two attached hydrogens (primary N) is 1. The molecule has 0 saturated heterocycles. The number of benzene rings is 1. The predicted molar refractivity (Wildman–Crippen MR) is 77.2 cm³/mol. The first-order valence-electron chi connectivity index (χ1n) is 6.74. The fraction of sp³-hybridized carbons (Fsp3) is 0.500. The largest absolute Gasteiger partial charge is 0.397 e. The number of anilines is 3. The van der Waals surface area contributed by atoms with Crippen LogP contribution in [0.4, 0.5) is 17.1 Å². The summed E-state index contributed by atoms with van der Waals surface area (Å²) in [5.41, 5.74) is 9.40. The van der Waals surface area contributed by atoms with E-state index in [0.717, 1.165) is 29.8 Å². The van der Waals surface area contributed by atoms with Crippen LogP contribution in [-0.2, 0) is 11.2 Å². The Kier molecular flexibility index (Phi) is 4.27. The van der Waals surface area contributed by atoms with Crippen molar-refractivity contribution in [1.82, 2.24) is 0 Å². The molecule has 0 aliphatic carbocycles. The van der Waals surface area contributed by atoms with E-state index in [1.165, 1.54) is 0 Å². The van der Waals surface area contributed by atoms with Gasteiger partial charge in [0.2, 0.25) is 5.91 Å². The van der Waals surface area contributed by atoms with Crippen LogP contribution in [0.3, 0.4) is 0 Å². The van der Waals surface area contributed by atoms with Gasteiger partial charge < -0.3 is 21.5 Å². The van der Waals surface area contributed by atoms with Gasteiger partial charge in [-0.1, -0.05) is 6.92 Å². The highest BCUT2D eigenvalue weighted by atomic mass is 16.3. The molecule has 0 fully saturated rings. The van der Waals surface area contributed by atoms with Gasteiger partial charge in [0, 0.05) is 18.7 Å². The molecule has 0 aromatic heterocycles. The maximum atomic E-state index is 11.4. The average Bonchev–Trinajstić information content (AvgIpc) is 2.39. The van der Waals surface area contributed by atoms with Crippen LogP contribution in [0, 0.1) is 0 Å². The van der Waals surface area contributed by atoms with Crippen molar-refractivity contribution < 1.29 is 9.90 Å². The van der Waals surface area contributed by atoms with E-state index < -0.39 is 0 Å². The summed E-state index contributed by atoms with van der Waals surface area (Å²) in [7, 11) is 0. The van der Waals surface area contributed by atoms with E-state index in [2.05, 4.69) is 10.6 Å². The maximum absolute atomic E-state index is 11.4. The molecule has 104 valence electrons. The van der Waals surface area contributed by atoms with Crippen LogP contribution in [0.15, 0.2) is 12.1 Å². The second-order valence-electron chi connectivity index (χ2n) is 4.92. The van der Waals surface area contributed by atoms with Crippen molar-refractivity contribution in [3.05, 3.63) is 17.7 Å². The molecule has 0 bridgehead atoms. The minimum absolute atomic E-state index is 0.0460. The maximum Gasteiger partial charge on any atom is 0.224 e. The standard InChI is InChI=1S/C14H21N3O2/c1-2-10(18)5-6-16-13-8-12-9(7-11(13)15)3-4-14(19)17-12/h7-8,10,16,18H,2-6,15H2,1H3,(H,17,19). The van der Waals surface area contributed by atoms with Crippen LogP contribution in [0.2, 0.25) is 0 Å². The van der Waals surface area contributed by atoms with Crippen LogP contribution < -0.4 is 16.4 Å². The number of nitrogens with one attached hydrogen (secondary N) is 2. The molecule has 2 rings (SSSR count). The summed E-state index contributed by atoms with van der Waals surface area (Å²) in [6, 6.07) is 3.79. The third kappa shape index (κ3) is 3.38. The van der Waals surface area contributed by atoms with Gasteiger partial charge in [0.1, 0.15) is 0 Å². The lowest BCUT2D eigenvalue weighted by Gasteiger charge is -2.20. The molecule has 1 aliphatic heterocycles. The van der Waals surface area contributed by atoms with Crippen LogP contribution in [0.1, 0.15) is 31.7 Å². The lowest BCUT2D eigenvalue weighted by molar-refractivity contribution is -0.116. The number of aliphatic hydroxyl groups is 1. The van der Waals surface area contributed by atoms with Crippen molar-refractivity contribution >= 4 is 23.0 Å². The molecule has 5 nitrogen and oxygen atoms in total. The molecule has 1 aromatic rings. The summed E-state index contributed by atoms with van der Waals surface area (Å²) in [6.45, 7) is 2.61. The summed E-state index contributed by atoms with van der Waals surface area (Å²) < 4.78 is 0. The molecule has 1 heterocycles. The molecule has 1 aliphatic rings. The molecule has 0 radical (unpaired) electrons. The Bertz CT molecular complexity index is 474. The first-order valence-corrected chi connectivity index (χ1v) is 6.74. The Morgan fingerprint density at radius 3 is 3.00 bits per heavy atom. The Morgan fingerprint density at radius 2 is 2.26 bits per heavy atom. The van der Waals surface area contributed by atoms with Crippen molar-refractivity contribution in [2.75, 3.05) is 22.9 Å². The van der Waals surface area contributed by atoms with Crippen LogP contribution in [0.25, 0.3) is 0 Å². The number of hydrogen-bond donors (Lipinski definition) is 4. The number of hydrogen-bond acceptors (Lipinski definition) is 4. The molecule has 19 heavy (non-hydrogen) atoms. The number of nitrogen functional groups attached to an aromatic ring is 1. The van der Waals surface area contributed by atoms with Gasteiger partial charge in [0.15, 0.2) is 0 Å². The van der Waals surface area contributed by atoms with Gasteiger partial charge in [-0.2, -0.15) is 0 Å². The third-order valence-corrected chi connectivity index (χ3v) is 3.44. The van der Waals surface area contributed by atoms with Crippen molar-refractivity contribution in [3.63, 3.8) is 0 Å². The second kappa shape index (κ2) is 5.93. The molecular weight excluding hydrogens is 242 g/mol. The molecule has 1 unspecified atom stereocenters. The number of carbonyl (C=O) groups excluding carboxylic acids is 1. The highest BCUT2D eigenvalue weighted by Crippen LogP contribution is 2.30. The first kappa shape index (κ1) is 13.7. The fourth-order valence-corrected chi connectivity index (χ4v) is 2.18. The number of carbonyl (C=O) groups is 1. The van der Waals surface area contributed by atoms with Crippen molar-refractivity contribution in [1.29, 1.82) is 0 Å². The molecule has 5 N–H and O–H groups in total. The Morgan fingerprint density at radius 1 is 1.47 bits per heavy atom. The number of fused-ring (bicyclic) bond motifs is 1. The van der Waals surface area contributed by atoms with Crippen molar-refractivity contribution in [3.8, 4) is 0 Å². The minimum Gasteiger partial charge on any atom is -0.397 e. The van der Waals surface area contributed by atoms with E-state index in [-0.39, 0.29) is 12.0 Å². The zero-order valence-electron chi connectivity index (χ0n) is 11.2. The zero-order valence-corrected chi connectivity index (χ0v) is 11.2. The average molecular weight is 263 g/mol. The third-order valence-electron chi connectivity index (χ3n) is 3.44. The zero-order chi connectivity index (χ0) is 13.8. The number of aliphatic hydroxyl groups excluding tert-OH is 1. The molecule has 0 spiro atoms. The first-order chi connectivity index (χ1) is 9.10. The highest BCUT2D eigenvalue weighted by Gasteiger charge is 2.16. The lowest BCUT2D eigenvalue weighted by Crippen LogP contribution is -2.20. The minimum atomic E-state index is -0.286. The Hall–Kier alpha value is -1.75. The number of amides is 1. The fourth-order valence-electron chi connectivity index (χ4n) is 2.18. The summed E-state index contributed by atoms with van der Waals surface area (Å²) in [5.74, 6) is 0.0460. The Labute approximate surface area is 113 Å². The molecular formula is C14H21N3O2. The number of aryl methyl sites for hydroxylation is 1. The predicted octanol–water partition coefficient (Wildman–Crippen LogP) is 1.73. The molecule has 5 heteroatoms. The Balaban J connectivity index is 2.05.